The summed E-state index contributed by atoms with van der Waals surface area (Å²) in [7, 11) is 8.28. The van der Waals surface area contributed by atoms with Crippen molar-refractivity contribution in [2.45, 2.75) is 49.6 Å². The van der Waals surface area contributed by atoms with Gasteiger partial charge < -0.3 is 28.7 Å². The van der Waals surface area contributed by atoms with E-state index in [1.54, 1.807) is 0 Å². The topological polar surface area (TPSA) is 43.4 Å². The molecular formula is C18H26N2O4. The molecule has 1 aromatic rings. The Morgan fingerprint density at radius 2 is 1.38 bits per heavy atom. The van der Waals surface area contributed by atoms with E-state index in [-0.39, 0.29) is 36.5 Å². The van der Waals surface area contributed by atoms with Crippen LogP contribution in [0.15, 0.2) is 30.3 Å². The minimum Gasteiger partial charge on any atom is -0.368 e. The Hall–Kier alpha value is -1.02. The fourth-order valence-electron chi connectivity index (χ4n) is 4.24. The van der Waals surface area contributed by atoms with Gasteiger partial charge in [0.2, 0.25) is 0 Å². The summed E-state index contributed by atoms with van der Waals surface area (Å²) >= 11 is 0. The predicted molar refractivity (Wildman–Crippen MR) is 88.4 cm³/mol. The molecule has 0 aromatic heterocycles. The van der Waals surface area contributed by atoms with Crippen molar-refractivity contribution in [2.75, 3.05) is 28.2 Å². The van der Waals surface area contributed by atoms with Gasteiger partial charge >= 0.3 is 0 Å². The third-order valence-corrected chi connectivity index (χ3v) is 5.28. The normalized spacial score (nSPS) is 40.7. The van der Waals surface area contributed by atoms with Crippen molar-refractivity contribution in [1.29, 1.82) is 0 Å². The molecule has 4 fully saturated rings. The van der Waals surface area contributed by atoms with Crippen LogP contribution in [0.1, 0.15) is 5.56 Å². The first-order chi connectivity index (χ1) is 11.6. The Morgan fingerprint density at radius 3 is 1.92 bits per heavy atom. The van der Waals surface area contributed by atoms with E-state index in [4.69, 9.17) is 18.9 Å². The molecule has 132 valence electrons. The molecule has 3 aliphatic heterocycles. The Morgan fingerprint density at radius 1 is 0.833 bits per heavy atom. The molecule has 7 atom stereocenters. The molecule has 1 aliphatic carbocycles. The zero-order valence-electron chi connectivity index (χ0n) is 14.7. The van der Waals surface area contributed by atoms with E-state index in [9.17, 15) is 0 Å². The molecule has 0 N–H and O–H groups in total. The van der Waals surface area contributed by atoms with Gasteiger partial charge in [0.05, 0.1) is 24.8 Å². The minimum atomic E-state index is -0.561. The highest BCUT2D eigenvalue weighted by molar-refractivity contribution is 5.15. The van der Waals surface area contributed by atoms with Gasteiger partial charge in [0, 0.05) is 0 Å². The van der Waals surface area contributed by atoms with Crippen LogP contribution < -0.4 is 0 Å². The molecule has 1 saturated carbocycles. The maximum Gasteiger partial charge on any atom is 0.272 e. The number of ether oxygens (including phenoxy) is 4. The number of nitrogens with zero attached hydrogens (tertiary/aromatic N) is 2. The van der Waals surface area contributed by atoms with Gasteiger partial charge in [-0.25, -0.2) is 0 Å². The number of benzene rings is 1. The van der Waals surface area contributed by atoms with Crippen LogP contribution in [0.2, 0.25) is 0 Å². The van der Waals surface area contributed by atoms with Crippen LogP contribution in [0.3, 0.4) is 0 Å². The molecule has 3 heterocycles. The molecule has 6 nitrogen and oxygen atoms in total. The summed E-state index contributed by atoms with van der Waals surface area (Å²) < 4.78 is 24.3. The van der Waals surface area contributed by atoms with Gasteiger partial charge in [0.25, 0.3) is 6.48 Å². The predicted octanol–water partition coefficient (Wildman–Crippen LogP) is 0.912. The summed E-state index contributed by atoms with van der Waals surface area (Å²) in [6.07, 6.45) is -0.125. The van der Waals surface area contributed by atoms with Gasteiger partial charge in [-0.15, -0.1) is 0 Å². The number of hydrogen-bond acceptors (Lipinski definition) is 6. The molecule has 3 saturated heterocycles. The summed E-state index contributed by atoms with van der Waals surface area (Å²) in [4.78, 5) is 4.37. The Labute approximate surface area is 143 Å². The van der Waals surface area contributed by atoms with Crippen molar-refractivity contribution < 1.29 is 18.9 Å². The molecule has 5 unspecified atom stereocenters. The fourth-order valence-corrected chi connectivity index (χ4v) is 4.24. The third-order valence-electron chi connectivity index (χ3n) is 5.28. The number of likely N-dealkylation sites (N-methyl/N-ethyl adjacent to an activating group) is 2. The SMILES string of the molecule is CN(C)[C@@H]1C2OC3OC(C2OCc2ccccc2)[C@H](N(C)C)C1O3. The van der Waals surface area contributed by atoms with Gasteiger partial charge in [-0.3, -0.25) is 0 Å². The molecule has 5 rings (SSSR count). The maximum absolute atomic E-state index is 6.31. The van der Waals surface area contributed by atoms with Crippen LogP contribution in [0, 0.1) is 0 Å². The lowest BCUT2D eigenvalue weighted by molar-refractivity contribution is -0.470. The average Bonchev–Trinajstić information content (AvgIpc) is 2.54. The van der Waals surface area contributed by atoms with Gasteiger partial charge in [0.1, 0.15) is 18.3 Å². The second-order valence-corrected chi connectivity index (χ2v) is 7.26. The molecule has 24 heavy (non-hydrogen) atoms. The zero-order chi connectivity index (χ0) is 16.8. The van der Waals surface area contributed by atoms with Crippen LogP contribution in [0.25, 0.3) is 0 Å². The lowest BCUT2D eigenvalue weighted by Crippen LogP contribution is -2.79. The largest absolute Gasteiger partial charge is 0.368 e. The highest BCUT2D eigenvalue weighted by Crippen LogP contribution is 2.43. The van der Waals surface area contributed by atoms with Gasteiger partial charge in [-0.2, -0.15) is 0 Å². The Balaban J connectivity index is 1.58. The van der Waals surface area contributed by atoms with E-state index in [1.165, 1.54) is 0 Å². The lowest BCUT2D eigenvalue weighted by Gasteiger charge is -2.61. The van der Waals surface area contributed by atoms with Crippen molar-refractivity contribution in [3.8, 4) is 0 Å². The second-order valence-electron chi connectivity index (χ2n) is 7.26. The second kappa shape index (κ2) is 6.37. The standard InChI is InChI=1S/C18H26N2O4/c1-19(2)12-14-13(20(3)4)16-17(15(12)23-18(22-14)24-16)21-10-11-8-6-5-7-9-11/h5-9,12-18H,10H2,1-4H3/t12-,13+,14?,15?,16?,17?,18?. The van der Waals surface area contributed by atoms with Crippen LogP contribution in [0.5, 0.6) is 0 Å². The van der Waals surface area contributed by atoms with E-state index in [1.807, 2.05) is 18.2 Å². The van der Waals surface area contributed by atoms with Gasteiger partial charge in [0.15, 0.2) is 0 Å². The summed E-state index contributed by atoms with van der Waals surface area (Å²) in [5.74, 6) is 0. The van der Waals surface area contributed by atoms with E-state index in [0.29, 0.717) is 6.61 Å². The summed E-state index contributed by atoms with van der Waals surface area (Å²) in [5, 5.41) is 0. The minimum absolute atomic E-state index is 0.0394. The first kappa shape index (κ1) is 16.4. The highest BCUT2D eigenvalue weighted by Gasteiger charge is 2.63. The van der Waals surface area contributed by atoms with Crippen LogP contribution in [-0.4, -0.2) is 81.0 Å². The molecular weight excluding hydrogens is 308 g/mol. The zero-order valence-corrected chi connectivity index (χ0v) is 14.7. The number of hydrogen-bond donors (Lipinski definition) is 0. The lowest BCUT2D eigenvalue weighted by atomic mass is 9.78. The summed E-state index contributed by atoms with van der Waals surface area (Å²) in [5.41, 5.74) is 1.16. The highest BCUT2D eigenvalue weighted by atomic mass is 16.9. The van der Waals surface area contributed by atoms with Crippen LogP contribution >= 0.6 is 0 Å². The van der Waals surface area contributed by atoms with Crippen molar-refractivity contribution in [1.82, 2.24) is 9.80 Å². The third kappa shape index (κ3) is 2.67. The van der Waals surface area contributed by atoms with Gasteiger partial charge in [-0.05, 0) is 33.8 Å². The van der Waals surface area contributed by atoms with E-state index in [2.05, 4.69) is 50.1 Å². The summed E-state index contributed by atoms with van der Waals surface area (Å²) in [6.45, 7) is -0.00388. The molecule has 0 radical (unpaired) electrons. The molecule has 1 aromatic carbocycles. The van der Waals surface area contributed by atoms with Gasteiger partial charge in [-0.1, -0.05) is 30.3 Å². The van der Waals surface area contributed by atoms with Crippen molar-refractivity contribution in [3.05, 3.63) is 35.9 Å². The number of rotatable bonds is 5. The quantitative estimate of drug-likeness (QED) is 0.798. The molecule has 6 heteroatoms. The van der Waals surface area contributed by atoms with Crippen molar-refractivity contribution in [2.24, 2.45) is 0 Å². The molecule has 0 spiro atoms. The molecule has 4 aliphatic rings. The van der Waals surface area contributed by atoms with E-state index < -0.39 is 6.48 Å². The van der Waals surface area contributed by atoms with Crippen molar-refractivity contribution in [3.63, 3.8) is 0 Å². The fraction of sp³-hybridized carbons (Fsp3) is 0.667. The van der Waals surface area contributed by atoms with E-state index >= 15 is 0 Å². The smallest absolute Gasteiger partial charge is 0.272 e. The molecule has 4 bridgehead atoms. The Kier molecular flexibility index (Phi) is 4.36. The average molecular weight is 334 g/mol. The Bertz CT molecular complexity index is 541. The monoisotopic (exact) mass is 334 g/mol. The van der Waals surface area contributed by atoms with Crippen LogP contribution in [0.4, 0.5) is 0 Å². The van der Waals surface area contributed by atoms with Crippen molar-refractivity contribution >= 4 is 0 Å². The molecule has 0 amide bonds. The maximum atomic E-state index is 6.31. The van der Waals surface area contributed by atoms with E-state index in [0.717, 1.165) is 5.56 Å². The van der Waals surface area contributed by atoms with Crippen LogP contribution in [-0.2, 0) is 25.6 Å². The first-order valence-corrected chi connectivity index (χ1v) is 8.51. The summed E-state index contributed by atoms with van der Waals surface area (Å²) in [6, 6.07) is 10.5. The first-order valence-electron chi connectivity index (χ1n) is 8.51.